The molecule has 2 aliphatic heterocycles. The Morgan fingerprint density at radius 2 is 2.04 bits per heavy atom. The Morgan fingerprint density at radius 3 is 2.85 bits per heavy atom. The molecule has 0 bridgehead atoms. The topological polar surface area (TPSA) is 79.9 Å². The number of fused-ring (bicyclic) bond motifs is 1. The number of amides is 3. The van der Waals surface area contributed by atoms with Gasteiger partial charge in [-0.15, -0.1) is 0 Å². The number of anilines is 1. The van der Waals surface area contributed by atoms with Crippen molar-refractivity contribution in [1.82, 2.24) is 10.6 Å². The summed E-state index contributed by atoms with van der Waals surface area (Å²) in [5.41, 5.74) is 1.21. The SMILES string of the molecule is O=C(NCC1COc2ccccc2O1)c1cccc(N2CCNC2=O)c1. The molecule has 7 heteroatoms. The van der Waals surface area contributed by atoms with Gasteiger partial charge in [-0.05, 0) is 30.3 Å². The molecule has 1 saturated heterocycles. The van der Waals surface area contributed by atoms with Crippen LogP contribution in [0.5, 0.6) is 11.5 Å². The van der Waals surface area contributed by atoms with Crippen molar-refractivity contribution in [3.63, 3.8) is 0 Å². The van der Waals surface area contributed by atoms with Crippen LogP contribution in [-0.4, -0.2) is 44.3 Å². The highest BCUT2D eigenvalue weighted by Crippen LogP contribution is 2.30. The van der Waals surface area contributed by atoms with Crippen LogP contribution in [0.25, 0.3) is 0 Å². The largest absolute Gasteiger partial charge is 0.486 e. The number of carbonyl (C=O) groups is 2. The van der Waals surface area contributed by atoms with Crippen LogP contribution >= 0.6 is 0 Å². The summed E-state index contributed by atoms with van der Waals surface area (Å²) in [6, 6.07) is 14.3. The zero-order valence-electron chi connectivity index (χ0n) is 14.1. The normalized spacial score (nSPS) is 18.4. The third-order valence-corrected chi connectivity index (χ3v) is 4.33. The second kappa shape index (κ2) is 6.95. The van der Waals surface area contributed by atoms with Crippen molar-refractivity contribution in [1.29, 1.82) is 0 Å². The predicted octanol–water partition coefficient (Wildman–Crippen LogP) is 1.79. The third-order valence-electron chi connectivity index (χ3n) is 4.33. The Morgan fingerprint density at radius 1 is 1.19 bits per heavy atom. The number of hydrogen-bond acceptors (Lipinski definition) is 4. The molecular weight excluding hydrogens is 334 g/mol. The van der Waals surface area contributed by atoms with E-state index in [9.17, 15) is 9.59 Å². The van der Waals surface area contributed by atoms with Crippen LogP contribution in [0.15, 0.2) is 48.5 Å². The van der Waals surface area contributed by atoms with Crippen LogP contribution in [-0.2, 0) is 0 Å². The lowest BCUT2D eigenvalue weighted by molar-refractivity contribution is 0.0789. The molecule has 7 nitrogen and oxygen atoms in total. The van der Waals surface area contributed by atoms with E-state index in [1.165, 1.54) is 0 Å². The van der Waals surface area contributed by atoms with E-state index in [-0.39, 0.29) is 18.0 Å². The highest BCUT2D eigenvalue weighted by molar-refractivity contribution is 5.98. The summed E-state index contributed by atoms with van der Waals surface area (Å²) in [6.07, 6.45) is -0.249. The maximum absolute atomic E-state index is 12.5. The summed E-state index contributed by atoms with van der Waals surface area (Å²) in [5, 5.41) is 5.61. The Labute approximate surface area is 150 Å². The van der Waals surface area contributed by atoms with Crippen LogP contribution in [0.2, 0.25) is 0 Å². The van der Waals surface area contributed by atoms with Gasteiger partial charge in [-0.2, -0.15) is 0 Å². The maximum Gasteiger partial charge on any atom is 0.321 e. The molecule has 2 aromatic carbocycles. The van der Waals surface area contributed by atoms with Gasteiger partial charge in [0.1, 0.15) is 12.7 Å². The maximum atomic E-state index is 12.5. The summed E-state index contributed by atoms with van der Waals surface area (Å²) in [7, 11) is 0. The van der Waals surface area contributed by atoms with E-state index < -0.39 is 0 Å². The first-order valence-electron chi connectivity index (χ1n) is 8.53. The number of benzene rings is 2. The van der Waals surface area contributed by atoms with Gasteiger partial charge >= 0.3 is 6.03 Å². The van der Waals surface area contributed by atoms with Crippen molar-refractivity contribution < 1.29 is 19.1 Å². The molecule has 3 amide bonds. The van der Waals surface area contributed by atoms with Crippen molar-refractivity contribution in [3.8, 4) is 11.5 Å². The number of nitrogens with one attached hydrogen (secondary N) is 2. The van der Waals surface area contributed by atoms with Gasteiger partial charge in [0.2, 0.25) is 0 Å². The Kier molecular flexibility index (Phi) is 4.35. The highest BCUT2D eigenvalue weighted by Gasteiger charge is 2.23. The van der Waals surface area contributed by atoms with Crippen LogP contribution in [0.4, 0.5) is 10.5 Å². The number of ether oxygens (including phenoxy) is 2. The fourth-order valence-electron chi connectivity index (χ4n) is 3.01. The van der Waals surface area contributed by atoms with Crippen LogP contribution in [0.3, 0.4) is 0 Å². The first-order valence-corrected chi connectivity index (χ1v) is 8.53. The Balaban J connectivity index is 1.38. The molecule has 2 heterocycles. The summed E-state index contributed by atoms with van der Waals surface area (Å²) in [5.74, 6) is 1.18. The molecule has 0 aliphatic carbocycles. The minimum Gasteiger partial charge on any atom is -0.486 e. The van der Waals surface area contributed by atoms with Crippen molar-refractivity contribution in [2.45, 2.75) is 6.10 Å². The van der Waals surface area contributed by atoms with Crippen LogP contribution in [0.1, 0.15) is 10.4 Å². The van der Waals surface area contributed by atoms with Gasteiger partial charge in [0.15, 0.2) is 11.5 Å². The Bertz CT molecular complexity index is 839. The van der Waals surface area contributed by atoms with E-state index in [0.717, 1.165) is 0 Å². The fourth-order valence-corrected chi connectivity index (χ4v) is 3.01. The third kappa shape index (κ3) is 3.28. The highest BCUT2D eigenvalue weighted by atomic mass is 16.6. The average Bonchev–Trinajstić information content (AvgIpc) is 3.12. The molecule has 0 spiro atoms. The van der Waals surface area contributed by atoms with E-state index in [4.69, 9.17) is 9.47 Å². The lowest BCUT2D eigenvalue weighted by Gasteiger charge is -2.26. The van der Waals surface area contributed by atoms with Gasteiger partial charge < -0.3 is 20.1 Å². The molecule has 26 heavy (non-hydrogen) atoms. The number of para-hydroxylation sites is 2. The molecule has 2 N–H and O–H groups in total. The van der Waals surface area contributed by atoms with Crippen molar-refractivity contribution in [3.05, 3.63) is 54.1 Å². The summed E-state index contributed by atoms with van der Waals surface area (Å²) in [6.45, 7) is 1.92. The first kappa shape index (κ1) is 16.3. The quantitative estimate of drug-likeness (QED) is 0.878. The van der Waals surface area contributed by atoms with E-state index >= 15 is 0 Å². The zero-order valence-corrected chi connectivity index (χ0v) is 14.1. The molecule has 0 saturated carbocycles. The van der Waals surface area contributed by atoms with Gasteiger partial charge in [-0.1, -0.05) is 18.2 Å². The number of carbonyl (C=O) groups excluding carboxylic acids is 2. The standard InChI is InChI=1S/C19H19N3O4/c23-18(13-4-3-5-14(10-13)22-9-8-20-19(22)24)21-11-15-12-25-16-6-1-2-7-17(16)26-15/h1-7,10,15H,8-9,11-12H2,(H,20,24)(H,21,23). The van der Waals surface area contributed by atoms with Gasteiger partial charge in [0.05, 0.1) is 6.54 Å². The monoisotopic (exact) mass is 353 g/mol. The zero-order chi connectivity index (χ0) is 17.9. The lowest BCUT2D eigenvalue weighted by Crippen LogP contribution is -2.40. The second-order valence-electron chi connectivity index (χ2n) is 6.14. The predicted molar refractivity (Wildman–Crippen MR) is 95.9 cm³/mol. The van der Waals surface area contributed by atoms with Crippen molar-refractivity contribution in [2.75, 3.05) is 31.1 Å². The molecular formula is C19H19N3O4. The molecule has 2 aliphatic rings. The number of urea groups is 1. The van der Waals surface area contributed by atoms with E-state index in [2.05, 4.69) is 10.6 Å². The molecule has 1 unspecified atom stereocenters. The number of hydrogen-bond donors (Lipinski definition) is 2. The lowest BCUT2D eigenvalue weighted by atomic mass is 10.1. The molecule has 1 atom stereocenters. The minimum atomic E-state index is -0.249. The van der Waals surface area contributed by atoms with E-state index in [1.54, 1.807) is 23.1 Å². The molecule has 4 rings (SSSR count). The van der Waals surface area contributed by atoms with E-state index in [1.807, 2.05) is 30.3 Å². The Hall–Kier alpha value is -3.22. The van der Waals surface area contributed by atoms with Gasteiger partial charge in [0, 0.05) is 24.3 Å². The number of nitrogens with zero attached hydrogens (tertiary/aromatic N) is 1. The van der Waals surface area contributed by atoms with Gasteiger partial charge in [0.25, 0.3) is 5.91 Å². The molecule has 0 aromatic heterocycles. The molecule has 2 aromatic rings. The molecule has 0 radical (unpaired) electrons. The summed E-state index contributed by atoms with van der Waals surface area (Å²) >= 11 is 0. The number of rotatable bonds is 4. The minimum absolute atomic E-state index is 0.144. The van der Waals surface area contributed by atoms with E-state index in [0.29, 0.717) is 49.0 Å². The first-order chi connectivity index (χ1) is 12.7. The van der Waals surface area contributed by atoms with Crippen molar-refractivity contribution >= 4 is 17.6 Å². The summed E-state index contributed by atoms with van der Waals surface area (Å²) < 4.78 is 11.5. The van der Waals surface area contributed by atoms with Gasteiger partial charge in [-0.25, -0.2) is 4.79 Å². The summed E-state index contributed by atoms with van der Waals surface area (Å²) in [4.78, 5) is 25.8. The van der Waals surface area contributed by atoms with Crippen LogP contribution < -0.4 is 25.0 Å². The fraction of sp³-hybridized carbons (Fsp3) is 0.263. The molecule has 134 valence electrons. The van der Waals surface area contributed by atoms with Crippen molar-refractivity contribution in [2.24, 2.45) is 0 Å². The molecule has 1 fully saturated rings. The van der Waals surface area contributed by atoms with Crippen LogP contribution in [0, 0.1) is 0 Å². The smallest absolute Gasteiger partial charge is 0.321 e. The van der Waals surface area contributed by atoms with Gasteiger partial charge in [-0.3, -0.25) is 9.69 Å². The average molecular weight is 353 g/mol. The second-order valence-corrected chi connectivity index (χ2v) is 6.14.